The van der Waals surface area contributed by atoms with Gasteiger partial charge in [-0.1, -0.05) is 19.3 Å². The number of methoxy groups -OCH3 is 1. The summed E-state index contributed by atoms with van der Waals surface area (Å²) in [4.78, 5) is 0. The van der Waals surface area contributed by atoms with Crippen LogP contribution in [0.5, 0.6) is 5.75 Å². The van der Waals surface area contributed by atoms with E-state index < -0.39 is 10.0 Å². The highest BCUT2D eigenvalue weighted by Crippen LogP contribution is 2.31. The molecule has 0 spiro atoms. The first-order chi connectivity index (χ1) is 9.58. The van der Waals surface area contributed by atoms with Gasteiger partial charge in [0, 0.05) is 12.6 Å². The molecule has 20 heavy (non-hydrogen) atoms. The zero-order valence-corrected chi connectivity index (χ0v) is 13.3. The van der Waals surface area contributed by atoms with E-state index in [0.717, 1.165) is 37.0 Å². The minimum absolute atomic E-state index is 0.188. The Kier molecular flexibility index (Phi) is 5.42. The quantitative estimate of drug-likeness (QED) is 0.840. The van der Waals surface area contributed by atoms with E-state index >= 15 is 0 Å². The summed E-state index contributed by atoms with van der Waals surface area (Å²) < 4.78 is 33.0. The highest BCUT2D eigenvalue weighted by atomic mass is 32.2. The van der Waals surface area contributed by atoms with Crippen LogP contribution in [-0.4, -0.2) is 28.1 Å². The standard InChI is InChI=1S/C13H22N2O3S2/c1-18-12-7-8-19-13(12)20(16,17)15-11(9-14)10-5-3-2-4-6-10/h7-8,10-11,15H,2-6,9,14H2,1H3. The van der Waals surface area contributed by atoms with Gasteiger partial charge in [-0.15, -0.1) is 11.3 Å². The summed E-state index contributed by atoms with van der Waals surface area (Å²) in [5.74, 6) is 0.733. The summed E-state index contributed by atoms with van der Waals surface area (Å²) in [5.41, 5.74) is 5.78. The van der Waals surface area contributed by atoms with E-state index in [4.69, 9.17) is 10.5 Å². The van der Waals surface area contributed by atoms with Gasteiger partial charge in [-0.3, -0.25) is 0 Å². The summed E-state index contributed by atoms with van der Waals surface area (Å²) in [6, 6.07) is 1.48. The molecule has 1 saturated carbocycles. The minimum atomic E-state index is -3.56. The number of nitrogens with one attached hydrogen (secondary N) is 1. The Morgan fingerprint density at radius 2 is 2.15 bits per heavy atom. The fourth-order valence-electron chi connectivity index (χ4n) is 2.76. The Morgan fingerprint density at radius 3 is 2.75 bits per heavy atom. The number of ether oxygens (including phenoxy) is 1. The van der Waals surface area contributed by atoms with Gasteiger partial charge < -0.3 is 10.5 Å². The molecule has 1 aliphatic carbocycles. The first-order valence-electron chi connectivity index (χ1n) is 6.92. The van der Waals surface area contributed by atoms with Crippen LogP contribution in [0.15, 0.2) is 15.7 Å². The number of hydrogen-bond acceptors (Lipinski definition) is 5. The van der Waals surface area contributed by atoms with Crippen molar-refractivity contribution in [1.82, 2.24) is 4.72 Å². The molecule has 0 saturated heterocycles. The van der Waals surface area contributed by atoms with E-state index in [9.17, 15) is 8.42 Å². The highest BCUT2D eigenvalue weighted by Gasteiger charge is 2.29. The van der Waals surface area contributed by atoms with Crippen LogP contribution in [0.4, 0.5) is 0 Å². The Bertz CT molecular complexity index is 521. The normalized spacial score (nSPS) is 18.9. The molecule has 1 heterocycles. The van der Waals surface area contributed by atoms with Gasteiger partial charge in [0.05, 0.1) is 7.11 Å². The van der Waals surface area contributed by atoms with Crippen LogP contribution in [0, 0.1) is 5.92 Å². The molecule has 114 valence electrons. The van der Waals surface area contributed by atoms with Crippen molar-refractivity contribution in [1.29, 1.82) is 0 Å². The lowest BCUT2D eigenvalue weighted by molar-refractivity contribution is 0.294. The molecular formula is C13H22N2O3S2. The minimum Gasteiger partial charge on any atom is -0.494 e. The summed E-state index contributed by atoms with van der Waals surface area (Å²) in [6.45, 7) is 0.331. The van der Waals surface area contributed by atoms with Crippen molar-refractivity contribution in [3.05, 3.63) is 11.4 Å². The molecule has 0 aromatic carbocycles. The van der Waals surface area contributed by atoms with Gasteiger partial charge >= 0.3 is 0 Å². The van der Waals surface area contributed by atoms with Crippen LogP contribution in [0.3, 0.4) is 0 Å². The van der Waals surface area contributed by atoms with Gasteiger partial charge in [0.1, 0.15) is 5.75 Å². The van der Waals surface area contributed by atoms with Crippen LogP contribution < -0.4 is 15.2 Å². The molecule has 1 aromatic rings. The lowest BCUT2D eigenvalue weighted by Crippen LogP contribution is -2.45. The molecule has 1 atom stereocenters. The third kappa shape index (κ3) is 3.52. The molecule has 7 heteroatoms. The highest BCUT2D eigenvalue weighted by molar-refractivity contribution is 7.91. The molecule has 0 aliphatic heterocycles. The number of rotatable bonds is 6. The number of sulfonamides is 1. The maximum atomic E-state index is 12.4. The molecule has 1 unspecified atom stereocenters. The van der Waals surface area contributed by atoms with Crippen LogP contribution >= 0.6 is 11.3 Å². The maximum Gasteiger partial charge on any atom is 0.254 e. The number of hydrogen-bond donors (Lipinski definition) is 2. The smallest absolute Gasteiger partial charge is 0.254 e. The SMILES string of the molecule is COc1ccsc1S(=O)(=O)NC(CN)C1CCCCC1. The van der Waals surface area contributed by atoms with Crippen LogP contribution in [0.25, 0.3) is 0 Å². The van der Waals surface area contributed by atoms with Gasteiger partial charge in [-0.2, -0.15) is 0 Å². The fourth-order valence-corrected chi connectivity index (χ4v) is 5.37. The second-order valence-electron chi connectivity index (χ2n) is 5.14. The zero-order chi connectivity index (χ0) is 14.6. The predicted octanol–water partition coefficient (Wildman–Crippen LogP) is 1.94. The van der Waals surface area contributed by atoms with Gasteiger partial charge in [0.15, 0.2) is 4.21 Å². The largest absolute Gasteiger partial charge is 0.494 e. The first-order valence-corrected chi connectivity index (χ1v) is 9.28. The average molecular weight is 318 g/mol. The van der Waals surface area contributed by atoms with Crippen molar-refractivity contribution >= 4 is 21.4 Å². The fraction of sp³-hybridized carbons (Fsp3) is 0.692. The van der Waals surface area contributed by atoms with Crippen molar-refractivity contribution in [2.24, 2.45) is 11.7 Å². The van der Waals surface area contributed by atoms with E-state index in [0.29, 0.717) is 18.2 Å². The van der Waals surface area contributed by atoms with Gasteiger partial charge in [-0.25, -0.2) is 13.1 Å². The predicted molar refractivity (Wildman–Crippen MR) is 80.6 cm³/mol. The third-order valence-electron chi connectivity index (χ3n) is 3.84. The molecule has 0 radical (unpaired) electrons. The molecule has 1 fully saturated rings. The Hall–Kier alpha value is -0.630. The lowest BCUT2D eigenvalue weighted by Gasteiger charge is -2.29. The second-order valence-corrected chi connectivity index (χ2v) is 7.96. The molecule has 3 N–H and O–H groups in total. The molecule has 0 bridgehead atoms. The van der Waals surface area contributed by atoms with Crippen molar-refractivity contribution in [3.63, 3.8) is 0 Å². The van der Waals surface area contributed by atoms with Crippen molar-refractivity contribution < 1.29 is 13.2 Å². The van der Waals surface area contributed by atoms with E-state index in [1.165, 1.54) is 13.5 Å². The molecular weight excluding hydrogens is 296 g/mol. The molecule has 5 nitrogen and oxygen atoms in total. The monoisotopic (exact) mass is 318 g/mol. The Balaban J connectivity index is 2.13. The lowest BCUT2D eigenvalue weighted by atomic mass is 9.84. The van der Waals surface area contributed by atoms with Gasteiger partial charge in [0.2, 0.25) is 0 Å². The summed E-state index contributed by atoms with van der Waals surface area (Å²) in [7, 11) is -2.08. The zero-order valence-electron chi connectivity index (χ0n) is 11.7. The van der Waals surface area contributed by atoms with Crippen LogP contribution in [-0.2, 0) is 10.0 Å². The third-order valence-corrected chi connectivity index (χ3v) is 6.78. The first kappa shape index (κ1) is 15.8. The van der Waals surface area contributed by atoms with E-state index in [1.54, 1.807) is 11.4 Å². The van der Waals surface area contributed by atoms with Crippen molar-refractivity contribution in [3.8, 4) is 5.75 Å². The Morgan fingerprint density at radius 1 is 1.45 bits per heavy atom. The van der Waals surface area contributed by atoms with E-state index in [1.807, 2.05) is 0 Å². The molecule has 0 amide bonds. The summed E-state index contributed by atoms with van der Waals surface area (Å²) in [5, 5.41) is 1.71. The summed E-state index contributed by atoms with van der Waals surface area (Å²) >= 11 is 1.16. The van der Waals surface area contributed by atoms with Crippen molar-refractivity contribution in [2.45, 2.75) is 42.4 Å². The topological polar surface area (TPSA) is 81.4 Å². The molecule has 2 rings (SSSR count). The molecule has 1 aliphatic rings. The van der Waals surface area contributed by atoms with Crippen LogP contribution in [0.1, 0.15) is 32.1 Å². The number of thiophene rings is 1. The Labute approximate surface area is 124 Å². The number of nitrogens with two attached hydrogens (primary N) is 1. The van der Waals surface area contributed by atoms with Gasteiger partial charge in [-0.05, 0) is 30.2 Å². The second kappa shape index (κ2) is 6.89. The van der Waals surface area contributed by atoms with E-state index in [-0.39, 0.29) is 10.3 Å². The van der Waals surface area contributed by atoms with E-state index in [2.05, 4.69) is 4.72 Å². The molecule has 1 aromatic heterocycles. The van der Waals surface area contributed by atoms with Gasteiger partial charge in [0.25, 0.3) is 10.0 Å². The maximum absolute atomic E-state index is 12.4. The average Bonchev–Trinajstić information content (AvgIpc) is 2.95. The summed E-state index contributed by atoms with van der Waals surface area (Å²) in [6.07, 6.45) is 5.65. The van der Waals surface area contributed by atoms with Crippen LogP contribution in [0.2, 0.25) is 0 Å². The van der Waals surface area contributed by atoms with Crippen molar-refractivity contribution in [2.75, 3.05) is 13.7 Å².